The maximum Gasteiger partial charge on any atom is 0.410 e. The summed E-state index contributed by atoms with van der Waals surface area (Å²) in [5.41, 5.74) is 12.5. The lowest BCUT2D eigenvalue weighted by Crippen LogP contribution is -2.56. The van der Waals surface area contributed by atoms with Gasteiger partial charge in [0.25, 0.3) is 0 Å². The largest absolute Gasteiger partial charge is 0.497 e. The van der Waals surface area contributed by atoms with Gasteiger partial charge in [0, 0.05) is 35.1 Å². The van der Waals surface area contributed by atoms with Gasteiger partial charge in [0.05, 0.1) is 44.6 Å². The molecule has 5 N–H and O–H groups in total. The number of carbonyl (C=O) groups is 2. The number of primary amides is 1. The van der Waals surface area contributed by atoms with Crippen LogP contribution in [-0.2, 0) is 49.2 Å². The number of carbonyl (C=O) groups excluding carboxylic acids is 2. The molecule has 0 aliphatic carbocycles. The molecule has 21 nitrogen and oxygen atoms in total. The predicted octanol–water partition coefficient (Wildman–Crippen LogP) is 7.84. The van der Waals surface area contributed by atoms with Crippen molar-refractivity contribution in [3.8, 4) is 39.8 Å². The van der Waals surface area contributed by atoms with Gasteiger partial charge in [-0.05, 0) is 124 Å². The van der Waals surface area contributed by atoms with Crippen molar-refractivity contribution < 1.29 is 50.1 Å². The number of aromatic nitrogens is 5. The first-order valence-electron chi connectivity index (χ1n) is 23.8. The molecule has 0 aliphatic heterocycles. The van der Waals surface area contributed by atoms with Gasteiger partial charge >= 0.3 is 12.2 Å². The number of para-hydroxylation sites is 1. The van der Waals surface area contributed by atoms with Gasteiger partial charge in [-0.25, -0.2) is 31.4 Å². The average Bonchev–Trinajstić information content (AvgIpc) is 3.86. The molecule has 23 heteroatoms. The molecular formula is C53H62N10O11S2. The summed E-state index contributed by atoms with van der Waals surface area (Å²) in [6.45, 7) is 9.67. The fourth-order valence-corrected chi connectivity index (χ4v) is 11.9. The molecule has 0 spiro atoms. The standard InChI is InChI=1S/C53H62N10O11S2/c1-52(2,3)63(53(4,5)6)51(65)73-32-41(74-50(55)64)33-75(66,67)59-44-27-26-42(43-12-10-11-37-19-28-45(54)56-47(37)43)46(49-57-60-62(58-49)31-36-17-24-40(72-9)25-18-36)48(44)76(68,69)61(29-34-13-20-38(70-7)21-14-34)30-35-15-22-39(71-8)23-16-35/h10-28,41,59H,29-33H2,1-9H3,(H2,54,56)(H2,55,64)/t41-/m0/s1. The fraction of sp³-hybridized carbons (Fsp3) is 0.321. The van der Waals surface area contributed by atoms with Gasteiger partial charge in [0.15, 0.2) is 6.10 Å². The van der Waals surface area contributed by atoms with Crippen LogP contribution in [0.1, 0.15) is 58.2 Å². The number of amides is 2. The summed E-state index contributed by atoms with van der Waals surface area (Å²) in [4.78, 5) is 32.7. The highest BCUT2D eigenvalue weighted by molar-refractivity contribution is 7.93. The van der Waals surface area contributed by atoms with E-state index in [-0.39, 0.29) is 42.4 Å². The number of hydrogen-bond donors (Lipinski definition) is 3. The molecule has 0 saturated heterocycles. The number of nitrogen functional groups attached to an aromatic ring is 1. The second-order valence-corrected chi connectivity index (χ2v) is 23.3. The second kappa shape index (κ2) is 22.8. The lowest BCUT2D eigenvalue weighted by atomic mass is 9.96. The Morgan fingerprint density at radius 2 is 1.26 bits per heavy atom. The van der Waals surface area contributed by atoms with Crippen molar-refractivity contribution in [3.05, 3.63) is 132 Å². The third-order valence-corrected chi connectivity index (χ3v) is 15.1. The zero-order valence-corrected chi connectivity index (χ0v) is 45.3. The van der Waals surface area contributed by atoms with Crippen molar-refractivity contribution >= 4 is 54.6 Å². The minimum atomic E-state index is -4.98. The summed E-state index contributed by atoms with van der Waals surface area (Å²) < 4.78 is 92.6. The van der Waals surface area contributed by atoms with Crippen molar-refractivity contribution in [1.29, 1.82) is 0 Å². The van der Waals surface area contributed by atoms with Crippen molar-refractivity contribution in [1.82, 2.24) is 34.4 Å². The molecule has 5 aromatic carbocycles. The molecule has 0 bridgehead atoms. The molecule has 0 fully saturated rings. The van der Waals surface area contributed by atoms with E-state index in [2.05, 4.69) is 20.0 Å². The third kappa shape index (κ3) is 13.4. The maximum atomic E-state index is 16.3. The molecule has 7 aromatic rings. The van der Waals surface area contributed by atoms with Gasteiger partial charge in [-0.3, -0.25) is 9.62 Å². The number of tetrazole rings is 1. The van der Waals surface area contributed by atoms with Crippen LogP contribution in [0, 0.1) is 0 Å². The Bertz CT molecular complexity index is 3350. The summed E-state index contributed by atoms with van der Waals surface area (Å²) in [7, 11) is -5.21. The number of hydrogen-bond acceptors (Lipinski definition) is 16. The number of pyridine rings is 1. The third-order valence-electron chi connectivity index (χ3n) is 11.9. The van der Waals surface area contributed by atoms with E-state index in [4.69, 9.17) is 40.3 Å². The van der Waals surface area contributed by atoms with E-state index in [9.17, 15) is 18.0 Å². The normalized spacial score (nSPS) is 12.5. The van der Waals surface area contributed by atoms with Crippen LogP contribution in [0.15, 0.2) is 120 Å². The second-order valence-electron chi connectivity index (χ2n) is 19.6. The number of anilines is 2. The van der Waals surface area contributed by atoms with Gasteiger partial charge in [0.2, 0.25) is 25.9 Å². The highest BCUT2D eigenvalue weighted by atomic mass is 32.2. The van der Waals surface area contributed by atoms with Gasteiger partial charge in [-0.2, -0.15) is 9.10 Å². The van der Waals surface area contributed by atoms with Crippen LogP contribution in [0.4, 0.5) is 21.1 Å². The highest BCUT2D eigenvalue weighted by Gasteiger charge is 2.39. The first kappa shape index (κ1) is 55.7. The Morgan fingerprint density at radius 3 is 1.79 bits per heavy atom. The van der Waals surface area contributed by atoms with Crippen LogP contribution in [0.3, 0.4) is 0 Å². The zero-order valence-electron chi connectivity index (χ0n) is 43.7. The zero-order chi connectivity index (χ0) is 55.2. The van der Waals surface area contributed by atoms with Crippen molar-refractivity contribution in [2.75, 3.05) is 44.1 Å². The number of fused-ring (bicyclic) bond motifs is 1. The van der Waals surface area contributed by atoms with Gasteiger partial charge in [-0.1, -0.05) is 60.7 Å². The number of methoxy groups -OCH3 is 3. The summed E-state index contributed by atoms with van der Waals surface area (Å²) in [6.07, 6.45) is -3.84. The number of rotatable bonds is 20. The Labute approximate surface area is 442 Å². The topological polar surface area (TPSA) is 276 Å². The van der Waals surface area contributed by atoms with Crippen LogP contribution in [0.25, 0.3) is 33.4 Å². The summed E-state index contributed by atoms with van der Waals surface area (Å²) in [6, 6.07) is 32.2. The Hall–Kier alpha value is -8.02. The van der Waals surface area contributed by atoms with E-state index in [1.807, 2.05) is 18.2 Å². The Morgan fingerprint density at radius 1 is 0.711 bits per heavy atom. The van der Waals surface area contributed by atoms with Crippen LogP contribution in [0.2, 0.25) is 0 Å². The van der Waals surface area contributed by atoms with E-state index in [1.165, 1.54) is 40.4 Å². The molecule has 402 valence electrons. The molecule has 0 saturated carbocycles. The van der Waals surface area contributed by atoms with Gasteiger partial charge < -0.3 is 35.2 Å². The molecular weight excluding hydrogens is 1020 g/mol. The molecule has 0 radical (unpaired) electrons. The van der Waals surface area contributed by atoms with Crippen molar-refractivity contribution in [3.63, 3.8) is 0 Å². The smallest absolute Gasteiger partial charge is 0.410 e. The molecule has 7 rings (SSSR count). The molecule has 2 amide bonds. The number of ether oxygens (including phenoxy) is 5. The van der Waals surface area contributed by atoms with E-state index < -0.39 is 72.4 Å². The lowest BCUT2D eigenvalue weighted by Gasteiger charge is -2.44. The minimum Gasteiger partial charge on any atom is -0.497 e. The fourth-order valence-electron chi connectivity index (χ4n) is 8.80. The molecule has 0 unspecified atom stereocenters. The number of sulfonamides is 2. The number of nitrogens with two attached hydrogens (primary N) is 2. The summed E-state index contributed by atoms with van der Waals surface area (Å²) in [5.74, 6) is 0.603. The molecule has 1 atom stereocenters. The summed E-state index contributed by atoms with van der Waals surface area (Å²) >= 11 is 0. The Balaban J connectivity index is 1.45. The van der Waals surface area contributed by atoms with E-state index in [0.29, 0.717) is 44.8 Å². The number of nitrogens with zero attached hydrogens (tertiary/aromatic N) is 7. The molecule has 2 aromatic heterocycles. The predicted molar refractivity (Wildman–Crippen MR) is 287 cm³/mol. The Kier molecular flexibility index (Phi) is 16.7. The van der Waals surface area contributed by atoms with E-state index >= 15 is 8.42 Å². The average molecular weight is 1080 g/mol. The van der Waals surface area contributed by atoms with Crippen LogP contribution >= 0.6 is 0 Å². The molecule has 0 aliphatic rings. The lowest BCUT2D eigenvalue weighted by molar-refractivity contribution is -0.000151. The quantitative estimate of drug-likeness (QED) is 0.0655. The van der Waals surface area contributed by atoms with E-state index in [0.717, 1.165) is 5.56 Å². The summed E-state index contributed by atoms with van der Waals surface area (Å²) in [5, 5.41) is 14.2. The van der Waals surface area contributed by atoms with Gasteiger partial charge in [0.1, 0.15) is 40.3 Å². The van der Waals surface area contributed by atoms with Crippen molar-refractivity contribution in [2.24, 2.45) is 5.73 Å². The van der Waals surface area contributed by atoms with E-state index in [1.54, 1.807) is 134 Å². The molecule has 2 heterocycles. The van der Waals surface area contributed by atoms with Gasteiger partial charge in [-0.15, -0.1) is 10.2 Å². The van der Waals surface area contributed by atoms with Crippen LogP contribution in [0.5, 0.6) is 17.2 Å². The van der Waals surface area contributed by atoms with Crippen LogP contribution < -0.4 is 30.4 Å². The number of benzene rings is 5. The minimum absolute atomic E-state index is 0.0865. The molecule has 76 heavy (non-hydrogen) atoms. The first-order chi connectivity index (χ1) is 35.9. The number of nitrogens with one attached hydrogen (secondary N) is 1. The first-order valence-corrected chi connectivity index (χ1v) is 26.9. The monoisotopic (exact) mass is 1080 g/mol. The van der Waals surface area contributed by atoms with Crippen molar-refractivity contribution in [2.45, 2.75) is 83.3 Å². The maximum absolute atomic E-state index is 16.3. The SMILES string of the molecule is COc1ccc(CN(Cc2ccc(OC)cc2)S(=O)(=O)c2c(NS(=O)(=O)C[C@H](COC(=O)N(C(C)(C)C)C(C)(C)C)OC(N)=O)ccc(-c3cccc4ccc(N)nc34)c2-c2nnn(Cc3ccc(OC)cc3)n2)cc1. The highest BCUT2D eigenvalue weighted by Crippen LogP contribution is 2.44. The van der Waals surface area contributed by atoms with Crippen LogP contribution in [-0.4, -0.2) is 114 Å².